The maximum absolute atomic E-state index is 13.3. The molecule has 4 N–H and O–H groups in total. The number of carbonyl (C=O) groups is 1. The third-order valence-corrected chi connectivity index (χ3v) is 8.64. The second-order valence-corrected chi connectivity index (χ2v) is 11.0. The highest BCUT2D eigenvalue weighted by Gasteiger charge is 2.68. The molecule has 1 heterocycles. The second kappa shape index (κ2) is 10.1. The summed E-state index contributed by atoms with van der Waals surface area (Å²) in [6.45, 7) is 10.4. The predicted octanol–water partition coefficient (Wildman–Crippen LogP) is 3.09. The zero-order valence-corrected chi connectivity index (χ0v) is 20.8. The van der Waals surface area contributed by atoms with Crippen LogP contribution in [-0.4, -0.2) is 49.8 Å². The quantitative estimate of drug-likeness (QED) is 0.353. The minimum Gasteiger partial charge on any atom is -0.404 e. The van der Waals surface area contributed by atoms with Gasteiger partial charge in [0.05, 0.1) is 23.7 Å². The van der Waals surface area contributed by atoms with Crippen molar-refractivity contribution < 1.29 is 14.1 Å². The van der Waals surface area contributed by atoms with Crippen molar-refractivity contribution in [1.29, 1.82) is 0 Å². The molecule has 1 aromatic rings. The molecule has 33 heavy (non-hydrogen) atoms. The Kier molecular flexibility index (Phi) is 7.54. The van der Waals surface area contributed by atoms with Crippen molar-refractivity contribution in [3.05, 3.63) is 35.9 Å². The number of amides is 1. The van der Waals surface area contributed by atoms with Crippen LogP contribution in [0.5, 0.6) is 0 Å². The Morgan fingerprint density at radius 2 is 1.97 bits per heavy atom. The van der Waals surface area contributed by atoms with Crippen LogP contribution >= 0.6 is 0 Å². The highest BCUT2D eigenvalue weighted by molar-refractivity contribution is 6.48. The molecule has 0 spiro atoms. The van der Waals surface area contributed by atoms with E-state index in [2.05, 4.69) is 43.5 Å². The summed E-state index contributed by atoms with van der Waals surface area (Å²) in [5, 5.41) is 6.66. The minimum absolute atomic E-state index is 0.0201. The molecule has 4 aliphatic rings. The van der Waals surface area contributed by atoms with Gasteiger partial charge in [-0.25, -0.2) is 0 Å². The molecule has 1 amide bonds. The summed E-state index contributed by atoms with van der Waals surface area (Å²) in [5.41, 5.74) is 6.84. The van der Waals surface area contributed by atoms with Gasteiger partial charge in [-0.3, -0.25) is 4.79 Å². The molecule has 4 fully saturated rings. The number of likely N-dealkylation sites (N-methyl/N-ethyl adjacent to an activating group) is 1. The standard InChI is InChI=1S/C26H42BN3O3/c1-5-29-20(13-9-10-14-28)24(31)30-23(15-18-11-7-6-8-12-18)27-32-22-17-19-16-21(25(19,2)3)26(22,4)33-27/h6-8,11-12,19-23,29H,5,9-10,13-17,28H2,1-4H3,(H,30,31)/t19-,20-,21-,22+,23-,26-/m0/s1. The first-order valence-electron chi connectivity index (χ1n) is 12.9. The van der Waals surface area contributed by atoms with Gasteiger partial charge in [-0.1, -0.05) is 57.5 Å². The number of nitrogens with two attached hydrogens (primary N) is 1. The largest absolute Gasteiger partial charge is 0.482 e. The first-order chi connectivity index (χ1) is 15.8. The van der Waals surface area contributed by atoms with Gasteiger partial charge in [-0.05, 0) is 74.9 Å². The maximum Gasteiger partial charge on any atom is 0.482 e. The molecule has 3 aliphatic carbocycles. The Bertz CT molecular complexity index is 807. The number of carbonyl (C=O) groups excluding carboxylic acids is 1. The van der Waals surface area contributed by atoms with E-state index in [1.807, 2.05) is 25.1 Å². The van der Waals surface area contributed by atoms with E-state index in [0.29, 0.717) is 30.2 Å². The Hall–Kier alpha value is -1.41. The second-order valence-electron chi connectivity index (χ2n) is 11.0. The molecular weight excluding hydrogens is 413 g/mol. The van der Waals surface area contributed by atoms with Crippen LogP contribution in [-0.2, 0) is 20.5 Å². The van der Waals surface area contributed by atoms with E-state index in [-0.39, 0.29) is 29.6 Å². The molecule has 182 valence electrons. The van der Waals surface area contributed by atoms with Crippen LogP contribution < -0.4 is 16.4 Å². The van der Waals surface area contributed by atoms with Gasteiger partial charge in [-0.2, -0.15) is 0 Å². The molecule has 1 saturated heterocycles. The summed E-state index contributed by atoms with van der Waals surface area (Å²) in [5.74, 6) is 0.980. The molecule has 5 rings (SSSR count). The van der Waals surface area contributed by atoms with Crippen LogP contribution in [0.15, 0.2) is 30.3 Å². The highest BCUT2D eigenvalue weighted by Crippen LogP contribution is 2.65. The number of hydrogen-bond donors (Lipinski definition) is 3. The molecule has 1 aromatic carbocycles. The van der Waals surface area contributed by atoms with Gasteiger partial charge in [0.25, 0.3) is 0 Å². The molecule has 3 saturated carbocycles. The molecule has 6 nitrogen and oxygen atoms in total. The van der Waals surface area contributed by atoms with Gasteiger partial charge in [0.1, 0.15) is 0 Å². The van der Waals surface area contributed by atoms with Gasteiger partial charge in [0.2, 0.25) is 5.91 Å². The van der Waals surface area contributed by atoms with Crippen molar-refractivity contribution in [3.63, 3.8) is 0 Å². The lowest BCUT2D eigenvalue weighted by Gasteiger charge is -2.64. The monoisotopic (exact) mass is 455 g/mol. The predicted molar refractivity (Wildman–Crippen MR) is 133 cm³/mol. The molecule has 0 aromatic heterocycles. The van der Waals surface area contributed by atoms with E-state index >= 15 is 0 Å². The Balaban J connectivity index is 1.50. The fraction of sp³-hybridized carbons (Fsp3) is 0.731. The molecule has 2 bridgehead atoms. The lowest BCUT2D eigenvalue weighted by atomic mass is 9.43. The summed E-state index contributed by atoms with van der Waals surface area (Å²) >= 11 is 0. The zero-order valence-electron chi connectivity index (χ0n) is 20.8. The summed E-state index contributed by atoms with van der Waals surface area (Å²) < 4.78 is 13.3. The third kappa shape index (κ3) is 4.88. The molecule has 0 radical (unpaired) electrons. The average Bonchev–Trinajstić information content (AvgIpc) is 3.16. The molecule has 1 aliphatic heterocycles. The van der Waals surface area contributed by atoms with E-state index in [1.165, 1.54) is 12.0 Å². The van der Waals surface area contributed by atoms with Crippen LogP contribution in [0, 0.1) is 17.3 Å². The van der Waals surface area contributed by atoms with E-state index in [1.54, 1.807) is 0 Å². The maximum atomic E-state index is 13.3. The summed E-state index contributed by atoms with van der Waals surface area (Å²) in [4.78, 5) is 13.3. The lowest BCUT2D eigenvalue weighted by molar-refractivity contribution is -0.199. The van der Waals surface area contributed by atoms with Crippen molar-refractivity contribution in [3.8, 4) is 0 Å². The molecule has 6 atom stereocenters. The van der Waals surface area contributed by atoms with E-state index in [9.17, 15) is 4.79 Å². The highest BCUT2D eigenvalue weighted by atomic mass is 16.7. The van der Waals surface area contributed by atoms with Crippen molar-refractivity contribution in [2.24, 2.45) is 23.0 Å². The van der Waals surface area contributed by atoms with Crippen LogP contribution in [0.1, 0.15) is 65.4 Å². The van der Waals surface area contributed by atoms with Crippen molar-refractivity contribution in [2.75, 3.05) is 13.1 Å². The number of nitrogens with one attached hydrogen (secondary N) is 2. The third-order valence-electron chi connectivity index (χ3n) is 8.64. The van der Waals surface area contributed by atoms with Crippen LogP contribution in [0.25, 0.3) is 0 Å². The van der Waals surface area contributed by atoms with Crippen LogP contribution in [0.2, 0.25) is 0 Å². The van der Waals surface area contributed by atoms with E-state index < -0.39 is 7.12 Å². The number of rotatable bonds is 11. The summed E-state index contributed by atoms with van der Waals surface area (Å²) in [7, 11) is -0.439. The van der Waals surface area contributed by atoms with Gasteiger partial charge in [0.15, 0.2) is 0 Å². The number of unbranched alkanes of at least 4 members (excludes halogenated alkanes) is 1. The first kappa shape index (κ1) is 24.7. The Morgan fingerprint density at radius 1 is 1.21 bits per heavy atom. The van der Waals surface area contributed by atoms with E-state index in [0.717, 1.165) is 32.2 Å². The smallest absolute Gasteiger partial charge is 0.404 e. The van der Waals surface area contributed by atoms with Gasteiger partial charge in [-0.15, -0.1) is 0 Å². The van der Waals surface area contributed by atoms with Gasteiger partial charge in [0, 0.05) is 0 Å². The van der Waals surface area contributed by atoms with Crippen LogP contribution in [0.3, 0.4) is 0 Å². The SMILES string of the molecule is CCN[C@@H](CCCCN)C(=O)N[C@@H](Cc1ccccc1)B1O[C@@H]2C[C@@H]3C[C@@H](C3(C)C)[C@]2(C)O1. The summed E-state index contributed by atoms with van der Waals surface area (Å²) in [6, 6.07) is 10.1. The molecular formula is C26H42BN3O3. The fourth-order valence-corrected chi connectivity index (χ4v) is 6.50. The van der Waals surface area contributed by atoms with Crippen molar-refractivity contribution in [2.45, 2.75) is 89.9 Å². The Morgan fingerprint density at radius 3 is 2.64 bits per heavy atom. The zero-order chi connectivity index (χ0) is 23.6. The van der Waals surface area contributed by atoms with Crippen LogP contribution in [0.4, 0.5) is 0 Å². The molecule has 0 unspecified atom stereocenters. The van der Waals surface area contributed by atoms with Gasteiger partial charge >= 0.3 is 7.12 Å². The van der Waals surface area contributed by atoms with Gasteiger partial charge < -0.3 is 25.7 Å². The number of benzene rings is 1. The summed E-state index contributed by atoms with van der Waals surface area (Å²) in [6.07, 6.45) is 5.68. The topological polar surface area (TPSA) is 85.6 Å². The first-order valence-corrected chi connectivity index (χ1v) is 12.9. The average molecular weight is 455 g/mol. The lowest BCUT2D eigenvalue weighted by Crippen LogP contribution is -2.65. The van der Waals surface area contributed by atoms with E-state index in [4.69, 9.17) is 15.0 Å². The normalized spacial score (nSPS) is 31.4. The van der Waals surface area contributed by atoms with Crippen molar-refractivity contribution in [1.82, 2.24) is 10.6 Å². The van der Waals surface area contributed by atoms with Crippen molar-refractivity contribution >= 4 is 13.0 Å². The Labute approximate surface area is 199 Å². The fourth-order valence-electron chi connectivity index (χ4n) is 6.50. The number of hydrogen-bond acceptors (Lipinski definition) is 5. The molecule has 7 heteroatoms. The minimum atomic E-state index is -0.439.